The van der Waals surface area contributed by atoms with E-state index in [1.807, 2.05) is 42.3 Å². The molecule has 45 heavy (non-hydrogen) atoms. The molecule has 0 aliphatic carbocycles. The van der Waals surface area contributed by atoms with Crippen LogP contribution in [0.2, 0.25) is 0 Å². The highest BCUT2D eigenvalue weighted by Crippen LogP contribution is 2.44. The molecule has 2 unspecified atom stereocenters. The van der Waals surface area contributed by atoms with Crippen molar-refractivity contribution in [1.82, 2.24) is 0 Å². The van der Waals surface area contributed by atoms with Crippen LogP contribution in [0.1, 0.15) is 135 Å². The third-order valence-corrected chi connectivity index (χ3v) is 9.87. The molecule has 0 saturated heterocycles. The van der Waals surface area contributed by atoms with Crippen molar-refractivity contribution in [3.63, 3.8) is 0 Å². The molecule has 0 aliphatic heterocycles. The summed E-state index contributed by atoms with van der Waals surface area (Å²) in [5, 5.41) is 0. The number of hydrogen-bond acceptors (Lipinski definition) is 6. The first kappa shape index (κ1) is 45.1. The van der Waals surface area contributed by atoms with Gasteiger partial charge in [-0.2, -0.15) is 0 Å². The average Bonchev–Trinajstić information content (AvgIpc) is 2.91. The Hall–Kier alpha value is 0.140. The molecule has 0 aromatic heterocycles. The molecule has 0 radical (unpaired) electrons. The number of phosphoric ester groups is 2. The predicted octanol–water partition coefficient (Wildman–Crippen LogP) is 8.86. The SMILES string of the molecule is C[N+](C)(C)CCOP(=O)(O)OCCCCCCCCCCCCCCCCCCCCCCCOP(=O)(O)OCC[N+](C)(C)C. The Morgan fingerprint density at radius 3 is 0.733 bits per heavy atom. The molecule has 0 amide bonds. The van der Waals surface area contributed by atoms with E-state index in [0.29, 0.717) is 22.1 Å². The monoisotopic (exact) mass is 688 g/mol. The second kappa shape index (κ2) is 27.0. The van der Waals surface area contributed by atoms with Gasteiger partial charge in [0.05, 0.1) is 55.5 Å². The second-order valence-corrected chi connectivity index (χ2v) is 17.6. The molecule has 0 bridgehead atoms. The molecule has 0 saturated carbocycles. The summed E-state index contributed by atoms with van der Waals surface area (Å²) in [6, 6.07) is 0. The minimum Gasteiger partial charge on any atom is -0.329 e. The lowest BCUT2D eigenvalue weighted by atomic mass is 10.0. The summed E-state index contributed by atoms with van der Waals surface area (Å²) in [6.07, 6.45) is 25.8. The van der Waals surface area contributed by atoms with Gasteiger partial charge in [0.2, 0.25) is 0 Å². The number of phosphoric acid groups is 2. The lowest BCUT2D eigenvalue weighted by Crippen LogP contribution is -2.37. The topological polar surface area (TPSA) is 112 Å². The highest BCUT2D eigenvalue weighted by Gasteiger charge is 2.23. The Balaban J connectivity index is 3.30. The van der Waals surface area contributed by atoms with Crippen molar-refractivity contribution in [2.24, 2.45) is 0 Å². The zero-order chi connectivity index (χ0) is 33.9. The molecular weight excluding hydrogens is 614 g/mol. The first-order chi connectivity index (χ1) is 21.1. The molecule has 2 atom stereocenters. The van der Waals surface area contributed by atoms with Gasteiger partial charge in [0.1, 0.15) is 26.3 Å². The number of quaternary nitrogens is 2. The summed E-state index contributed by atoms with van der Waals surface area (Å²) in [7, 11) is 4.25. The van der Waals surface area contributed by atoms with Crippen LogP contribution < -0.4 is 0 Å². The Morgan fingerprint density at radius 1 is 0.356 bits per heavy atom. The largest absolute Gasteiger partial charge is 0.472 e. The minimum atomic E-state index is -3.91. The lowest BCUT2D eigenvalue weighted by Gasteiger charge is -2.24. The van der Waals surface area contributed by atoms with E-state index >= 15 is 0 Å². The molecular formula is C33H74N2O8P2+2. The van der Waals surface area contributed by atoms with E-state index in [1.165, 1.54) is 96.3 Å². The number of rotatable bonds is 34. The van der Waals surface area contributed by atoms with Crippen LogP contribution >= 0.6 is 15.6 Å². The van der Waals surface area contributed by atoms with Gasteiger partial charge in [0.25, 0.3) is 0 Å². The third-order valence-electron chi connectivity index (χ3n) is 7.83. The van der Waals surface area contributed by atoms with Crippen molar-refractivity contribution in [3.05, 3.63) is 0 Å². The summed E-state index contributed by atoms with van der Waals surface area (Å²) in [5.41, 5.74) is 0. The van der Waals surface area contributed by atoms with E-state index in [-0.39, 0.29) is 26.4 Å². The van der Waals surface area contributed by atoms with E-state index < -0.39 is 15.6 Å². The zero-order valence-corrected chi connectivity index (χ0v) is 32.0. The molecule has 272 valence electrons. The molecule has 0 aliphatic rings. The van der Waals surface area contributed by atoms with E-state index in [1.54, 1.807) is 0 Å². The third kappa shape index (κ3) is 36.8. The molecule has 0 heterocycles. The smallest absolute Gasteiger partial charge is 0.329 e. The first-order valence-corrected chi connectivity index (χ1v) is 21.0. The van der Waals surface area contributed by atoms with E-state index in [9.17, 15) is 18.9 Å². The molecule has 0 fully saturated rings. The van der Waals surface area contributed by atoms with Gasteiger partial charge in [0, 0.05) is 0 Å². The highest BCUT2D eigenvalue weighted by molar-refractivity contribution is 7.47. The molecule has 0 aromatic carbocycles. The first-order valence-electron chi connectivity index (χ1n) is 18.0. The molecule has 0 spiro atoms. The number of likely N-dealkylation sites (N-methyl/N-ethyl adjacent to an activating group) is 2. The average molecular weight is 689 g/mol. The molecule has 2 N–H and O–H groups in total. The van der Waals surface area contributed by atoms with E-state index in [4.69, 9.17) is 18.1 Å². The Kier molecular flexibility index (Phi) is 27.1. The Labute approximate surface area is 277 Å². The number of nitrogens with zero attached hydrogens (tertiary/aromatic N) is 2. The van der Waals surface area contributed by atoms with Crippen molar-refractivity contribution in [3.8, 4) is 0 Å². The van der Waals surface area contributed by atoms with Gasteiger partial charge < -0.3 is 18.8 Å². The lowest BCUT2D eigenvalue weighted by molar-refractivity contribution is -0.870. The van der Waals surface area contributed by atoms with Crippen LogP contribution in [0.5, 0.6) is 0 Å². The minimum absolute atomic E-state index is 0.217. The van der Waals surface area contributed by atoms with Gasteiger partial charge in [-0.25, -0.2) is 9.13 Å². The van der Waals surface area contributed by atoms with E-state index in [0.717, 1.165) is 38.5 Å². The molecule has 0 aromatic rings. The number of unbranched alkanes of at least 4 members (excludes halogenated alkanes) is 20. The van der Waals surface area contributed by atoms with Crippen LogP contribution in [0.15, 0.2) is 0 Å². The van der Waals surface area contributed by atoms with Gasteiger partial charge >= 0.3 is 15.6 Å². The normalized spacial score (nSPS) is 15.3. The van der Waals surface area contributed by atoms with Crippen molar-refractivity contribution in [2.45, 2.75) is 135 Å². The van der Waals surface area contributed by atoms with Crippen molar-refractivity contribution >= 4 is 15.6 Å². The molecule has 12 heteroatoms. The summed E-state index contributed by atoms with van der Waals surface area (Å²) in [4.78, 5) is 19.4. The summed E-state index contributed by atoms with van der Waals surface area (Å²) in [5.74, 6) is 0. The molecule has 10 nitrogen and oxygen atoms in total. The maximum absolute atomic E-state index is 11.9. The fraction of sp³-hybridized carbons (Fsp3) is 1.00. The molecule has 0 rings (SSSR count). The van der Waals surface area contributed by atoms with Gasteiger partial charge in [-0.05, 0) is 12.8 Å². The standard InChI is InChI=1S/C33H72N2O8P2/c1-34(2,3)28-32-42-44(36,37)40-30-26-24-22-20-18-16-14-12-10-8-7-9-11-13-15-17-19-21-23-25-27-31-41-45(38,39)43-33-29-35(4,5)6/h7-33H2,1-6H3/p+2. The van der Waals surface area contributed by atoms with Gasteiger partial charge in [-0.3, -0.25) is 18.1 Å². The Bertz CT molecular complexity index is 713. The number of hydrogen-bond donors (Lipinski definition) is 2. The van der Waals surface area contributed by atoms with Gasteiger partial charge in [0.15, 0.2) is 0 Å². The van der Waals surface area contributed by atoms with Crippen molar-refractivity contribution in [1.29, 1.82) is 0 Å². The maximum atomic E-state index is 11.9. The van der Waals surface area contributed by atoms with Crippen LogP contribution in [0, 0.1) is 0 Å². The second-order valence-electron chi connectivity index (χ2n) is 14.7. The highest BCUT2D eigenvalue weighted by atomic mass is 31.2. The zero-order valence-electron chi connectivity index (χ0n) is 30.2. The fourth-order valence-corrected chi connectivity index (χ4v) is 6.35. The quantitative estimate of drug-likeness (QED) is 0.0392. The van der Waals surface area contributed by atoms with Crippen molar-refractivity contribution < 1.29 is 46.0 Å². The van der Waals surface area contributed by atoms with Gasteiger partial charge in [-0.1, -0.05) is 122 Å². The van der Waals surface area contributed by atoms with Gasteiger partial charge in [-0.15, -0.1) is 0 Å². The van der Waals surface area contributed by atoms with Crippen LogP contribution in [0.4, 0.5) is 0 Å². The Morgan fingerprint density at radius 2 is 0.533 bits per heavy atom. The predicted molar refractivity (Wildman–Crippen MR) is 186 cm³/mol. The summed E-state index contributed by atoms with van der Waals surface area (Å²) in [6.45, 7) is 2.32. The van der Waals surface area contributed by atoms with Crippen LogP contribution in [0.25, 0.3) is 0 Å². The van der Waals surface area contributed by atoms with Crippen LogP contribution in [-0.2, 0) is 27.2 Å². The van der Waals surface area contributed by atoms with Crippen LogP contribution in [0.3, 0.4) is 0 Å². The fourth-order valence-electron chi connectivity index (χ4n) is 4.86. The van der Waals surface area contributed by atoms with Crippen molar-refractivity contribution in [2.75, 3.05) is 81.8 Å². The summed E-state index contributed by atoms with van der Waals surface area (Å²) < 4.78 is 45.3. The maximum Gasteiger partial charge on any atom is 0.472 e. The van der Waals surface area contributed by atoms with E-state index in [2.05, 4.69) is 0 Å². The van der Waals surface area contributed by atoms with Crippen LogP contribution in [-0.4, -0.2) is 101 Å². The summed E-state index contributed by atoms with van der Waals surface area (Å²) >= 11 is 0.